The number of benzene rings is 1. The minimum Gasteiger partial charge on any atom is -0.339 e. The molecule has 1 aromatic rings. The van der Waals surface area contributed by atoms with Gasteiger partial charge in [0.2, 0.25) is 17.7 Å². The Hall–Kier alpha value is -2.12. The van der Waals surface area contributed by atoms with Crippen molar-refractivity contribution >= 4 is 35.0 Å². The van der Waals surface area contributed by atoms with Crippen LogP contribution in [0, 0.1) is 12.8 Å². The summed E-state index contributed by atoms with van der Waals surface area (Å²) in [6.45, 7) is 9.60. The summed E-state index contributed by atoms with van der Waals surface area (Å²) >= 11 is 6.45. The Morgan fingerprint density at radius 1 is 1.03 bits per heavy atom. The molecular weight excluding hydrogens is 464 g/mol. The second kappa shape index (κ2) is 11.3. The molecule has 2 saturated heterocycles. The van der Waals surface area contributed by atoms with Crippen LogP contribution in [0.3, 0.4) is 0 Å². The monoisotopic (exact) mass is 502 g/mol. The van der Waals surface area contributed by atoms with Crippen molar-refractivity contribution in [1.29, 1.82) is 0 Å². The normalized spacial score (nSPS) is 23.7. The van der Waals surface area contributed by atoms with Crippen molar-refractivity contribution in [2.24, 2.45) is 5.92 Å². The summed E-state index contributed by atoms with van der Waals surface area (Å²) in [7, 11) is 0. The first-order valence-corrected chi connectivity index (χ1v) is 13.5. The minimum absolute atomic E-state index is 0.0285. The lowest BCUT2D eigenvalue weighted by Crippen LogP contribution is -2.54. The third-order valence-corrected chi connectivity index (χ3v) is 8.27. The fourth-order valence-corrected chi connectivity index (χ4v) is 6.30. The maximum absolute atomic E-state index is 12.9. The van der Waals surface area contributed by atoms with E-state index >= 15 is 0 Å². The number of nitrogens with one attached hydrogen (secondary N) is 1. The lowest BCUT2D eigenvalue weighted by Gasteiger charge is -2.41. The average Bonchev–Trinajstić information content (AvgIpc) is 3.49. The second-order valence-electron chi connectivity index (χ2n) is 10.6. The first kappa shape index (κ1) is 26.0. The van der Waals surface area contributed by atoms with Crippen molar-refractivity contribution < 1.29 is 14.4 Å². The van der Waals surface area contributed by atoms with E-state index in [1.807, 2.05) is 13.0 Å². The number of carbonyl (C=O) groups is 3. The van der Waals surface area contributed by atoms with Gasteiger partial charge in [0.25, 0.3) is 0 Å². The number of piperazine rings is 1. The van der Waals surface area contributed by atoms with E-state index in [9.17, 15) is 14.4 Å². The molecule has 7 nitrogen and oxygen atoms in total. The number of nitrogens with zero attached hydrogens (tertiary/aromatic N) is 3. The molecule has 3 amide bonds. The number of hydrogen-bond acceptors (Lipinski definition) is 4. The molecule has 8 heteroatoms. The van der Waals surface area contributed by atoms with Gasteiger partial charge in [-0.05, 0) is 62.8 Å². The van der Waals surface area contributed by atoms with Crippen LogP contribution < -0.4 is 5.32 Å². The quantitative estimate of drug-likeness (QED) is 0.632. The van der Waals surface area contributed by atoms with Gasteiger partial charge >= 0.3 is 0 Å². The lowest BCUT2D eigenvalue weighted by atomic mass is 10.0. The number of likely N-dealkylation sites (tertiary alicyclic amines) is 1. The van der Waals surface area contributed by atoms with Gasteiger partial charge in [-0.15, -0.1) is 0 Å². The molecule has 0 aromatic heterocycles. The zero-order valence-electron chi connectivity index (χ0n) is 21.3. The average molecular weight is 503 g/mol. The third kappa shape index (κ3) is 6.18. The molecule has 35 heavy (non-hydrogen) atoms. The maximum Gasteiger partial charge on any atom is 0.226 e. The Bertz CT molecular complexity index is 962. The summed E-state index contributed by atoms with van der Waals surface area (Å²) in [5.74, 6) is 0.495. The molecular formula is C27H39ClN4O3. The van der Waals surface area contributed by atoms with E-state index < -0.39 is 0 Å². The Labute approximate surface area is 214 Å². The van der Waals surface area contributed by atoms with Gasteiger partial charge in [0, 0.05) is 74.8 Å². The second-order valence-corrected chi connectivity index (χ2v) is 11.0. The highest BCUT2D eigenvalue weighted by atomic mass is 35.5. The highest BCUT2D eigenvalue weighted by molar-refractivity contribution is 6.31. The molecule has 0 radical (unpaired) electrons. The van der Waals surface area contributed by atoms with E-state index in [4.69, 9.17) is 11.6 Å². The summed E-state index contributed by atoms with van der Waals surface area (Å²) in [4.78, 5) is 43.8. The topological polar surface area (TPSA) is 73.0 Å². The van der Waals surface area contributed by atoms with Crippen LogP contribution in [0.15, 0.2) is 12.1 Å². The highest BCUT2D eigenvalue weighted by Crippen LogP contribution is 2.30. The van der Waals surface area contributed by atoms with Crippen LogP contribution in [0.5, 0.6) is 0 Å². The van der Waals surface area contributed by atoms with E-state index in [0.717, 1.165) is 75.2 Å². The number of hydrogen-bond donors (Lipinski definition) is 1. The summed E-state index contributed by atoms with van der Waals surface area (Å²) in [5.41, 5.74) is 2.82. The number of halogens is 1. The zero-order valence-corrected chi connectivity index (χ0v) is 22.1. The fraction of sp³-hybridized carbons (Fsp3) is 0.667. The van der Waals surface area contributed by atoms with Crippen LogP contribution in [-0.4, -0.2) is 70.7 Å². The summed E-state index contributed by atoms with van der Waals surface area (Å²) in [6, 6.07) is 3.93. The number of carbonyl (C=O) groups excluding carboxylic acids is 3. The minimum atomic E-state index is -0.0906. The van der Waals surface area contributed by atoms with Crippen molar-refractivity contribution in [2.45, 2.75) is 84.3 Å². The van der Waals surface area contributed by atoms with Crippen LogP contribution in [0.2, 0.25) is 5.02 Å². The largest absolute Gasteiger partial charge is 0.339 e. The molecule has 0 bridgehead atoms. The van der Waals surface area contributed by atoms with Gasteiger partial charge in [-0.2, -0.15) is 0 Å². The van der Waals surface area contributed by atoms with Crippen molar-refractivity contribution in [3.63, 3.8) is 0 Å². The third-order valence-electron chi connectivity index (χ3n) is 8.05. The predicted octanol–water partition coefficient (Wildman–Crippen LogP) is 4.21. The Balaban J connectivity index is 1.37. The molecule has 1 aliphatic carbocycles. The summed E-state index contributed by atoms with van der Waals surface area (Å²) < 4.78 is 0. The zero-order chi connectivity index (χ0) is 25.1. The van der Waals surface area contributed by atoms with Gasteiger partial charge in [0.1, 0.15) is 0 Å². The molecule has 2 atom stereocenters. The summed E-state index contributed by atoms with van der Waals surface area (Å²) in [5, 5.41) is 3.64. The molecule has 3 aliphatic rings. The van der Waals surface area contributed by atoms with Crippen LogP contribution >= 0.6 is 11.6 Å². The van der Waals surface area contributed by atoms with Gasteiger partial charge in [-0.3, -0.25) is 19.3 Å². The van der Waals surface area contributed by atoms with Crippen LogP contribution in [0.4, 0.5) is 5.69 Å². The SMILES string of the molecule is CC(=O)N1CCC[C@H]1CC(=O)Nc1cc(Cl)cc(CN2CCN(C(=O)C3CCCC3)[C@@H](C)C2)c1C. The van der Waals surface area contributed by atoms with E-state index in [2.05, 4.69) is 22.0 Å². The number of rotatable bonds is 6. The van der Waals surface area contributed by atoms with Gasteiger partial charge < -0.3 is 15.1 Å². The van der Waals surface area contributed by atoms with Crippen LogP contribution in [0.1, 0.15) is 69.9 Å². The van der Waals surface area contributed by atoms with E-state index in [0.29, 0.717) is 17.4 Å². The molecule has 4 rings (SSSR count). The lowest BCUT2D eigenvalue weighted by molar-refractivity contribution is -0.140. The van der Waals surface area contributed by atoms with Gasteiger partial charge in [0.15, 0.2) is 0 Å². The molecule has 0 spiro atoms. The smallest absolute Gasteiger partial charge is 0.226 e. The van der Waals surface area contributed by atoms with Crippen LogP contribution in [-0.2, 0) is 20.9 Å². The molecule has 1 N–H and O–H groups in total. The van der Waals surface area contributed by atoms with Gasteiger partial charge in [-0.25, -0.2) is 0 Å². The molecule has 3 fully saturated rings. The Morgan fingerprint density at radius 2 is 1.77 bits per heavy atom. The fourth-order valence-electron chi connectivity index (χ4n) is 6.06. The van der Waals surface area contributed by atoms with Gasteiger partial charge in [-0.1, -0.05) is 24.4 Å². The first-order chi connectivity index (χ1) is 16.7. The Kier molecular flexibility index (Phi) is 8.38. The van der Waals surface area contributed by atoms with Gasteiger partial charge in [0.05, 0.1) is 0 Å². The van der Waals surface area contributed by atoms with Crippen LogP contribution in [0.25, 0.3) is 0 Å². The molecule has 0 unspecified atom stereocenters. The van der Waals surface area contributed by atoms with Crippen molar-refractivity contribution in [3.8, 4) is 0 Å². The van der Waals surface area contributed by atoms with E-state index in [1.165, 1.54) is 12.8 Å². The number of amides is 3. The first-order valence-electron chi connectivity index (χ1n) is 13.1. The van der Waals surface area contributed by atoms with Crippen molar-refractivity contribution in [1.82, 2.24) is 14.7 Å². The van der Waals surface area contributed by atoms with E-state index in [1.54, 1.807) is 17.9 Å². The Morgan fingerprint density at radius 3 is 2.46 bits per heavy atom. The van der Waals surface area contributed by atoms with Crippen molar-refractivity contribution in [3.05, 3.63) is 28.3 Å². The molecule has 1 aromatic carbocycles. The van der Waals surface area contributed by atoms with E-state index in [-0.39, 0.29) is 29.8 Å². The summed E-state index contributed by atoms with van der Waals surface area (Å²) in [6.07, 6.45) is 6.52. The molecule has 2 aliphatic heterocycles. The molecule has 1 saturated carbocycles. The molecule has 192 valence electrons. The highest BCUT2D eigenvalue weighted by Gasteiger charge is 2.33. The van der Waals surface area contributed by atoms with Crippen molar-refractivity contribution in [2.75, 3.05) is 31.5 Å². The predicted molar refractivity (Wildman–Crippen MR) is 138 cm³/mol. The standard InChI is InChI=1S/C27H39ClN4O3/c1-18-16-30(11-12-31(18)27(35)21-7-4-5-8-21)17-22-13-23(28)14-25(19(22)2)29-26(34)15-24-9-6-10-32(24)20(3)33/h13-14,18,21,24H,4-12,15-17H2,1-3H3,(H,29,34)/t18-,24-/m0/s1. The maximum atomic E-state index is 12.9. The molecule has 2 heterocycles. The number of anilines is 1.